The molecule has 0 aromatic heterocycles. The molecule has 3 N–H and O–H groups in total. The third-order valence-electron chi connectivity index (χ3n) is 3.59. The van der Waals surface area contributed by atoms with Gasteiger partial charge in [0.25, 0.3) is 5.91 Å². The van der Waals surface area contributed by atoms with Crippen molar-refractivity contribution < 1.29 is 9.90 Å². The molecule has 19 heavy (non-hydrogen) atoms. The lowest BCUT2D eigenvalue weighted by atomic mass is 9.90. The summed E-state index contributed by atoms with van der Waals surface area (Å²) in [5.74, 6) is -0.124. The van der Waals surface area contributed by atoms with Crippen LogP contribution in [-0.4, -0.2) is 35.1 Å². The number of aliphatic hydroxyl groups is 1. The van der Waals surface area contributed by atoms with Crippen LogP contribution >= 0.6 is 11.6 Å². The molecule has 0 atom stereocenters. The van der Waals surface area contributed by atoms with Gasteiger partial charge in [0.15, 0.2) is 0 Å². The molecule has 1 fully saturated rings. The molecule has 1 amide bonds. The molecule has 1 saturated carbocycles. The second kappa shape index (κ2) is 6.26. The Morgan fingerprint density at radius 1 is 1.47 bits per heavy atom. The van der Waals surface area contributed by atoms with E-state index < -0.39 is 0 Å². The minimum atomic E-state index is -0.124. The average Bonchev–Trinajstić information content (AvgIpc) is 2.31. The fourth-order valence-corrected chi connectivity index (χ4v) is 2.56. The van der Waals surface area contributed by atoms with Gasteiger partial charge >= 0.3 is 0 Å². The number of nitrogens with two attached hydrogens (primary N) is 1. The van der Waals surface area contributed by atoms with Gasteiger partial charge in [-0.1, -0.05) is 17.7 Å². The van der Waals surface area contributed by atoms with Gasteiger partial charge in [-0.2, -0.15) is 0 Å². The Morgan fingerprint density at radius 2 is 2.21 bits per heavy atom. The van der Waals surface area contributed by atoms with Gasteiger partial charge < -0.3 is 15.7 Å². The molecule has 0 heterocycles. The summed E-state index contributed by atoms with van der Waals surface area (Å²) in [7, 11) is 0. The molecule has 2 rings (SSSR count). The van der Waals surface area contributed by atoms with Gasteiger partial charge in [0.05, 0.1) is 10.6 Å². The van der Waals surface area contributed by atoms with Crippen LogP contribution in [0.25, 0.3) is 0 Å². The van der Waals surface area contributed by atoms with E-state index in [0.29, 0.717) is 29.2 Å². The SMILES string of the molecule is Nc1cccc(Cl)c1C(=O)N(CCCO)C1CCC1. The highest BCUT2D eigenvalue weighted by atomic mass is 35.5. The number of rotatable bonds is 5. The summed E-state index contributed by atoms with van der Waals surface area (Å²) in [5.41, 5.74) is 6.66. The van der Waals surface area contributed by atoms with Gasteiger partial charge in [0, 0.05) is 24.9 Å². The molecule has 1 aromatic carbocycles. The van der Waals surface area contributed by atoms with E-state index in [1.54, 1.807) is 23.1 Å². The van der Waals surface area contributed by atoms with Crippen molar-refractivity contribution in [3.05, 3.63) is 28.8 Å². The number of hydrogen-bond acceptors (Lipinski definition) is 3. The Labute approximate surface area is 118 Å². The third-order valence-corrected chi connectivity index (χ3v) is 3.91. The lowest BCUT2D eigenvalue weighted by molar-refractivity contribution is 0.0564. The van der Waals surface area contributed by atoms with Gasteiger partial charge in [0.1, 0.15) is 0 Å². The Bertz CT molecular complexity index is 441. The van der Waals surface area contributed by atoms with Gasteiger partial charge in [-0.05, 0) is 37.8 Å². The molecule has 0 unspecified atom stereocenters. The quantitative estimate of drug-likeness (QED) is 0.815. The molecule has 1 aliphatic carbocycles. The van der Waals surface area contributed by atoms with Crippen LogP contribution in [-0.2, 0) is 0 Å². The Kier molecular flexibility index (Phi) is 4.66. The van der Waals surface area contributed by atoms with Crippen molar-refractivity contribution >= 4 is 23.2 Å². The standard InChI is InChI=1S/C14H19ClN2O2/c15-11-6-2-7-12(16)13(11)14(19)17(8-3-9-18)10-4-1-5-10/h2,6-7,10,18H,1,3-5,8-9,16H2. The summed E-state index contributed by atoms with van der Waals surface area (Å²) < 4.78 is 0. The average molecular weight is 283 g/mol. The van der Waals surface area contributed by atoms with E-state index in [1.807, 2.05) is 0 Å². The number of carbonyl (C=O) groups excluding carboxylic acids is 1. The number of anilines is 1. The van der Waals surface area contributed by atoms with Gasteiger partial charge in [0.2, 0.25) is 0 Å². The number of hydrogen-bond donors (Lipinski definition) is 2. The zero-order chi connectivity index (χ0) is 13.8. The van der Waals surface area contributed by atoms with Gasteiger partial charge in [-0.3, -0.25) is 4.79 Å². The van der Waals surface area contributed by atoms with E-state index in [9.17, 15) is 4.79 Å². The first kappa shape index (κ1) is 14.2. The zero-order valence-corrected chi connectivity index (χ0v) is 11.6. The summed E-state index contributed by atoms with van der Waals surface area (Å²) >= 11 is 6.09. The number of benzene rings is 1. The van der Waals surface area contributed by atoms with Crippen LogP contribution in [0.5, 0.6) is 0 Å². The summed E-state index contributed by atoms with van der Waals surface area (Å²) in [6.45, 7) is 0.624. The fourth-order valence-electron chi connectivity index (χ4n) is 2.30. The summed E-state index contributed by atoms with van der Waals surface area (Å²) in [6.07, 6.45) is 3.75. The first-order valence-electron chi connectivity index (χ1n) is 6.61. The summed E-state index contributed by atoms with van der Waals surface area (Å²) in [4.78, 5) is 14.4. The molecular formula is C14H19ClN2O2. The van der Waals surface area contributed by atoms with Crippen molar-refractivity contribution in [3.8, 4) is 0 Å². The molecule has 5 heteroatoms. The van der Waals surface area contributed by atoms with Crippen molar-refractivity contribution in [3.63, 3.8) is 0 Å². The van der Waals surface area contributed by atoms with Crippen LogP contribution in [0.3, 0.4) is 0 Å². The van der Waals surface area contributed by atoms with Crippen molar-refractivity contribution in [2.75, 3.05) is 18.9 Å². The first-order chi connectivity index (χ1) is 9.15. The van der Waals surface area contributed by atoms with E-state index in [1.165, 1.54) is 0 Å². The highest BCUT2D eigenvalue weighted by Crippen LogP contribution is 2.30. The predicted octanol–water partition coefficient (Wildman–Crippen LogP) is 2.30. The fraction of sp³-hybridized carbons (Fsp3) is 0.500. The minimum Gasteiger partial charge on any atom is -0.398 e. The highest BCUT2D eigenvalue weighted by molar-refractivity contribution is 6.34. The largest absolute Gasteiger partial charge is 0.398 e. The number of amides is 1. The monoisotopic (exact) mass is 282 g/mol. The molecule has 104 valence electrons. The minimum absolute atomic E-state index is 0.0779. The van der Waals surface area contributed by atoms with Crippen LogP contribution in [0.2, 0.25) is 5.02 Å². The Hall–Kier alpha value is -1.26. The van der Waals surface area contributed by atoms with E-state index in [-0.39, 0.29) is 18.6 Å². The third kappa shape index (κ3) is 3.01. The zero-order valence-electron chi connectivity index (χ0n) is 10.8. The van der Waals surface area contributed by atoms with E-state index in [4.69, 9.17) is 22.4 Å². The molecule has 1 aromatic rings. The number of aliphatic hydroxyl groups excluding tert-OH is 1. The van der Waals surface area contributed by atoms with Crippen LogP contribution < -0.4 is 5.73 Å². The number of nitrogen functional groups attached to an aromatic ring is 1. The van der Waals surface area contributed by atoms with E-state index >= 15 is 0 Å². The smallest absolute Gasteiger partial charge is 0.257 e. The molecule has 0 radical (unpaired) electrons. The Balaban J connectivity index is 2.22. The molecule has 0 spiro atoms. The lowest BCUT2D eigenvalue weighted by Gasteiger charge is -2.38. The normalized spacial score (nSPS) is 15.1. The maximum absolute atomic E-state index is 12.6. The van der Waals surface area contributed by atoms with Gasteiger partial charge in [-0.15, -0.1) is 0 Å². The molecule has 0 saturated heterocycles. The Morgan fingerprint density at radius 3 is 2.74 bits per heavy atom. The molecule has 4 nitrogen and oxygen atoms in total. The maximum atomic E-state index is 12.6. The number of nitrogens with zero attached hydrogens (tertiary/aromatic N) is 1. The highest BCUT2D eigenvalue weighted by Gasteiger charge is 2.30. The molecule has 1 aliphatic rings. The van der Waals surface area contributed by atoms with Crippen molar-refractivity contribution in [2.24, 2.45) is 0 Å². The van der Waals surface area contributed by atoms with E-state index in [0.717, 1.165) is 19.3 Å². The van der Waals surface area contributed by atoms with Crippen molar-refractivity contribution in [2.45, 2.75) is 31.7 Å². The second-order valence-electron chi connectivity index (χ2n) is 4.86. The summed E-state index contributed by atoms with van der Waals surface area (Å²) in [6, 6.07) is 5.35. The second-order valence-corrected chi connectivity index (χ2v) is 5.27. The van der Waals surface area contributed by atoms with E-state index in [2.05, 4.69) is 0 Å². The number of halogens is 1. The van der Waals surface area contributed by atoms with Crippen LogP contribution in [0.1, 0.15) is 36.0 Å². The molecule has 0 bridgehead atoms. The van der Waals surface area contributed by atoms with Crippen molar-refractivity contribution in [1.29, 1.82) is 0 Å². The molecule has 0 aliphatic heterocycles. The predicted molar refractivity (Wildman–Crippen MR) is 76.2 cm³/mol. The van der Waals surface area contributed by atoms with Crippen LogP contribution in [0.15, 0.2) is 18.2 Å². The van der Waals surface area contributed by atoms with Gasteiger partial charge in [-0.25, -0.2) is 0 Å². The lowest BCUT2D eigenvalue weighted by Crippen LogP contribution is -2.45. The molecular weight excluding hydrogens is 264 g/mol. The van der Waals surface area contributed by atoms with Crippen molar-refractivity contribution in [1.82, 2.24) is 4.90 Å². The van der Waals surface area contributed by atoms with Crippen LogP contribution in [0, 0.1) is 0 Å². The summed E-state index contributed by atoms with van der Waals surface area (Å²) in [5, 5.41) is 9.35. The number of carbonyl (C=O) groups is 1. The maximum Gasteiger partial charge on any atom is 0.257 e. The first-order valence-corrected chi connectivity index (χ1v) is 6.98. The van der Waals surface area contributed by atoms with Crippen LogP contribution in [0.4, 0.5) is 5.69 Å². The topological polar surface area (TPSA) is 66.6 Å².